The zero-order valence-electron chi connectivity index (χ0n) is 11.0. The van der Waals surface area contributed by atoms with Crippen molar-refractivity contribution in [3.63, 3.8) is 0 Å². The summed E-state index contributed by atoms with van der Waals surface area (Å²) < 4.78 is 33.7. The molecule has 1 N–H and O–H groups in total. The van der Waals surface area contributed by atoms with E-state index in [0.29, 0.717) is 16.6 Å². The van der Waals surface area contributed by atoms with Gasteiger partial charge in [0.05, 0.1) is 6.42 Å². The Hall–Kier alpha value is -2.43. The number of fused-ring (bicyclic) bond motifs is 3. The topological polar surface area (TPSA) is 50.4 Å². The number of furan rings is 1. The maximum atomic E-state index is 14.1. The first-order valence-corrected chi connectivity index (χ1v) is 6.49. The number of hydrogen-bond acceptors (Lipinski definition) is 2. The summed E-state index contributed by atoms with van der Waals surface area (Å²) in [5.74, 6) is -4.41. The fourth-order valence-electron chi connectivity index (χ4n) is 2.36. The Bertz CT molecular complexity index is 821. The second-order valence-electron chi connectivity index (χ2n) is 4.91. The molecule has 1 heterocycles. The molecular formula is C16H12F2O3. The third kappa shape index (κ3) is 2.46. The van der Waals surface area contributed by atoms with Crippen molar-refractivity contribution in [1.29, 1.82) is 0 Å². The van der Waals surface area contributed by atoms with Gasteiger partial charge < -0.3 is 9.52 Å². The van der Waals surface area contributed by atoms with E-state index in [1.165, 1.54) is 18.2 Å². The first-order chi connectivity index (χ1) is 9.97. The molecule has 0 aliphatic carbocycles. The van der Waals surface area contributed by atoms with Crippen LogP contribution in [0.5, 0.6) is 0 Å². The molecule has 0 aliphatic heterocycles. The van der Waals surface area contributed by atoms with Crippen molar-refractivity contribution in [1.82, 2.24) is 0 Å². The Morgan fingerprint density at radius 3 is 2.57 bits per heavy atom. The normalized spacial score (nSPS) is 12.1. The average molecular weight is 290 g/mol. The molecule has 0 saturated heterocycles. The Balaban J connectivity index is 2.07. The molecule has 0 fully saturated rings. The smallest absolute Gasteiger partial charge is 0.303 e. The molecule has 0 bridgehead atoms. The zero-order chi connectivity index (χ0) is 15.0. The van der Waals surface area contributed by atoms with Gasteiger partial charge in [0.2, 0.25) is 0 Å². The minimum absolute atomic E-state index is 0.192. The summed E-state index contributed by atoms with van der Waals surface area (Å²) in [4.78, 5) is 10.5. The minimum atomic E-state index is -3.18. The standard InChI is InChI=1S/C16H12F2O3/c17-16(18,8-7-15(19)20)10-5-6-14-12(9-10)11-3-1-2-4-13(11)21-14/h1-6,9H,7-8H2,(H,19,20). The lowest BCUT2D eigenvalue weighted by molar-refractivity contribution is -0.139. The van der Waals surface area contributed by atoms with Gasteiger partial charge in [-0.2, -0.15) is 0 Å². The van der Waals surface area contributed by atoms with E-state index in [-0.39, 0.29) is 5.56 Å². The third-order valence-corrected chi connectivity index (χ3v) is 3.45. The molecule has 1 aromatic heterocycles. The summed E-state index contributed by atoms with van der Waals surface area (Å²) >= 11 is 0. The summed E-state index contributed by atoms with van der Waals surface area (Å²) in [5, 5.41) is 9.93. The summed E-state index contributed by atoms with van der Waals surface area (Å²) in [6.07, 6.45) is -1.29. The molecule has 5 heteroatoms. The van der Waals surface area contributed by atoms with E-state index in [1.807, 2.05) is 12.1 Å². The highest BCUT2D eigenvalue weighted by molar-refractivity contribution is 6.05. The number of carbonyl (C=O) groups is 1. The lowest BCUT2D eigenvalue weighted by Gasteiger charge is -2.15. The number of carboxylic acid groups (broad SMARTS) is 1. The number of rotatable bonds is 4. The summed E-state index contributed by atoms with van der Waals surface area (Å²) in [5.41, 5.74) is 0.982. The lowest BCUT2D eigenvalue weighted by Crippen LogP contribution is -2.15. The first-order valence-electron chi connectivity index (χ1n) is 6.49. The van der Waals surface area contributed by atoms with Gasteiger partial charge in [-0.1, -0.05) is 18.2 Å². The van der Waals surface area contributed by atoms with Crippen LogP contribution in [0, 0.1) is 0 Å². The molecule has 0 atom stereocenters. The van der Waals surface area contributed by atoms with Crippen LogP contribution in [0.4, 0.5) is 8.78 Å². The van der Waals surface area contributed by atoms with Crippen LogP contribution in [0.3, 0.4) is 0 Å². The molecule has 108 valence electrons. The molecule has 0 spiro atoms. The molecule has 0 unspecified atom stereocenters. The predicted molar refractivity (Wildman–Crippen MR) is 74.5 cm³/mol. The van der Waals surface area contributed by atoms with Gasteiger partial charge in [0.15, 0.2) is 0 Å². The van der Waals surface area contributed by atoms with Gasteiger partial charge >= 0.3 is 5.97 Å². The van der Waals surface area contributed by atoms with E-state index < -0.39 is 24.7 Å². The van der Waals surface area contributed by atoms with Crippen molar-refractivity contribution in [3.05, 3.63) is 48.0 Å². The van der Waals surface area contributed by atoms with E-state index in [4.69, 9.17) is 9.52 Å². The van der Waals surface area contributed by atoms with Crippen LogP contribution in [-0.2, 0) is 10.7 Å². The SMILES string of the molecule is O=C(O)CCC(F)(F)c1ccc2oc3ccccc3c2c1. The number of hydrogen-bond donors (Lipinski definition) is 1. The summed E-state index contributed by atoms with van der Waals surface area (Å²) in [6.45, 7) is 0. The summed E-state index contributed by atoms with van der Waals surface area (Å²) in [7, 11) is 0. The van der Waals surface area contributed by atoms with E-state index >= 15 is 0 Å². The number of aliphatic carboxylic acids is 1. The highest BCUT2D eigenvalue weighted by atomic mass is 19.3. The molecule has 3 rings (SSSR count). The highest BCUT2D eigenvalue weighted by Crippen LogP contribution is 2.37. The number of para-hydroxylation sites is 1. The van der Waals surface area contributed by atoms with E-state index in [1.54, 1.807) is 12.1 Å². The Morgan fingerprint density at radius 2 is 1.81 bits per heavy atom. The highest BCUT2D eigenvalue weighted by Gasteiger charge is 2.32. The van der Waals surface area contributed by atoms with Crippen molar-refractivity contribution in [2.75, 3.05) is 0 Å². The monoisotopic (exact) mass is 290 g/mol. The molecule has 0 radical (unpaired) electrons. The van der Waals surface area contributed by atoms with Crippen molar-refractivity contribution < 1.29 is 23.1 Å². The van der Waals surface area contributed by atoms with Crippen molar-refractivity contribution in [2.24, 2.45) is 0 Å². The van der Waals surface area contributed by atoms with Gasteiger partial charge in [-0.05, 0) is 24.3 Å². The molecular weight excluding hydrogens is 278 g/mol. The predicted octanol–water partition coefficient (Wildman–Crippen LogP) is 4.54. The zero-order valence-corrected chi connectivity index (χ0v) is 11.0. The fraction of sp³-hybridized carbons (Fsp3) is 0.188. The van der Waals surface area contributed by atoms with Gasteiger partial charge in [-0.15, -0.1) is 0 Å². The van der Waals surface area contributed by atoms with Gasteiger partial charge in [0.25, 0.3) is 5.92 Å². The Kier molecular flexibility index (Phi) is 3.12. The third-order valence-electron chi connectivity index (χ3n) is 3.45. The van der Waals surface area contributed by atoms with Crippen molar-refractivity contribution >= 4 is 27.9 Å². The van der Waals surface area contributed by atoms with Crippen molar-refractivity contribution in [2.45, 2.75) is 18.8 Å². The maximum Gasteiger partial charge on any atom is 0.303 e. The second-order valence-corrected chi connectivity index (χ2v) is 4.91. The second kappa shape index (κ2) is 4.84. The number of alkyl halides is 2. The summed E-state index contributed by atoms with van der Waals surface area (Å²) in [6, 6.07) is 11.4. The van der Waals surface area contributed by atoms with Gasteiger partial charge in [0, 0.05) is 22.8 Å². The van der Waals surface area contributed by atoms with Crippen LogP contribution in [-0.4, -0.2) is 11.1 Å². The van der Waals surface area contributed by atoms with Gasteiger partial charge in [-0.25, -0.2) is 8.78 Å². The quantitative estimate of drug-likeness (QED) is 0.767. The minimum Gasteiger partial charge on any atom is -0.481 e. The van der Waals surface area contributed by atoms with E-state index in [9.17, 15) is 13.6 Å². The molecule has 21 heavy (non-hydrogen) atoms. The van der Waals surface area contributed by atoms with Gasteiger partial charge in [0.1, 0.15) is 11.2 Å². The molecule has 3 aromatic rings. The molecule has 0 aliphatic rings. The molecule has 2 aromatic carbocycles. The van der Waals surface area contributed by atoms with Crippen LogP contribution in [0.1, 0.15) is 18.4 Å². The average Bonchev–Trinajstić information content (AvgIpc) is 2.83. The van der Waals surface area contributed by atoms with Gasteiger partial charge in [-0.3, -0.25) is 4.79 Å². The largest absolute Gasteiger partial charge is 0.481 e. The molecule has 0 saturated carbocycles. The van der Waals surface area contributed by atoms with Crippen LogP contribution < -0.4 is 0 Å². The maximum absolute atomic E-state index is 14.1. The fourth-order valence-corrected chi connectivity index (χ4v) is 2.36. The van der Waals surface area contributed by atoms with E-state index in [2.05, 4.69) is 0 Å². The Morgan fingerprint density at radius 1 is 1.10 bits per heavy atom. The van der Waals surface area contributed by atoms with Crippen molar-refractivity contribution in [3.8, 4) is 0 Å². The number of carboxylic acids is 1. The molecule has 3 nitrogen and oxygen atoms in total. The first kappa shape index (κ1) is 13.5. The van der Waals surface area contributed by atoms with Crippen LogP contribution in [0.2, 0.25) is 0 Å². The number of halogens is 2. The van der Waals surface area contributed by atoms with E-state index in [0.717, 1.165) is 5.39 Å². The van der Waals surface area contributed by atoms with Crippen LogP contribution in [0.15, 0.2) is 46.9 Å². The van der Waals surface area contributed by atoms with Crippen LogP contribution >= 0.6 is 0 Å². The van der Waals surface area contributed by atoms with Crippen LogP contribution in [0.25, 0.3) is 21.9 Å². The molecule has 0 amide bonds. The number of benzene rings is 2. The lowest BCUT2D eigenvalue weighted by atomic mass is 10.0. The Labute approximate surface area is 118 Å².